The molecule has 0 spiro atoms. The van der Waals surface area contributed by atoms with Crippen LogP contribution in [0.2, 0.25) is 0 Å². The number of rotatable bonds is 3. The average Bonchev–Trinajstić information content (AvgIpc) is 2.71. The molecule has 0 radical (unpaired) electrons. The van der Waals surface area contributed by atoms with Crippen LogP contribution < -0.4 is 0 Å². The van der Waals surface area contributed by atoms with Crippen LogP contribution in [0.4, 0.5) is 0 Å². The Labute approximate surface area is 83.4 Å². The predicted octanol–water partition coefficient (Wildman–Crippen LogP) is -0.252. The summed E-state index contributed by atoms with van der Waals surface area (Å²) in [5, 5.41) is 0. The fourth-order valence-electron chi connectivity index (χ4n) is 1.36. The Balaban J connectivity index is 2.60. The van der Waals surface area contributed by atoms with Gasteiger partial charge < -0.3 is 4.74 Å². The van der Waals surface area contributed by atoms with Crippen LogP contribution in [0.15, 0.2) is 12.2 Å². The van der Waals surface area contributed by atoms with E-state index in [4.69, 9.17) is 0 Å². The minimum absolute atomic E-state index is 0.0640. The first-order valence-electron chi connectivity index (χ1n) is 4.12. The summed E-state index contributed by atoms with van der Waals surface area (Å²) >= 11 is 0. The van der Waals surface area contributed by atoms with Gasteiger partial charge in [0, 0.05) is 12.1 Å². The van der Waals surface area contributed by atoms with Crippen molar-refractivity contribution < 1.29 is 17.9 Å². The Bertz CT molecular complexity index is 360. The highest BCUT2D eigenvalue weighted by Crippen LogP contribution is 2.31. The van der Waals surface area contributed by atoms with E-state index in [2.05, 4.69) is 4.74 Å². The van der Waals surface area contributed by atoms with Gasteiger partial charge in [-0.2, -0.15) is 4.31 Å². The smallest absolute Gasteiger partial charge is 0.330 e. The molecule has 0 aliphatic carbocycles. The van der Waals surface area contributed by atoms with Gasteiger partial charge in [0.1, 0.15) is 0 Å². The van der Waals surface area contributed by atoms with Crippen LogP contribution in [-0.2, 0) is 19.6 Å². The van der Waals surface area contributed by atoms with Gasteiger partial charge in [0.25, 0.3) is 0 Å². The van der Waals surface area contributed by atoms with Crippen molar-refractivity contribution in [3.63, 3.8) is 0 Å². The second-order valence-corrected chi connectivity index (χ2v) is 5.09. The van der Waals surface area contributed by atoms with Crippen LogP contribution in [0, 0.1) is 0 Å². The molecular weight excluding hydrogens is 206 g/mol. The number of nitrogens with zero attached hydrogens (tertiary/aromatic N) is 1. The van der Waals surface area contributed by atoms with Crippen LogP contribution in [-0.4, -0.2) is 44.1 Å². The highest BCUT2D eigenvalue weighted by Gasteiger charge is 2.48. The third-order valence-corrected chi connectivity index (χ3v) is 3.46. The lowest BCUT2D eigenvalue weighted by atomic mass is 10.3. The third kappa shape index (κ3) is 2.33. The number of sulfonamides is 1. The highest BCUT2D eigenvalue weighted by molar-refractivity contribution is 7.88. The van der Waals surface area contributed by atoms with Crippen LogP contribution in [0.5, 0.6) is 0 Å². The Hall–Kier alpha value is -0.880. The van der Waals surface area contributed by atoms with Gasteiger partial charge in [-0.3, -0.25) is 0 Å². The molecule has 3 atom stereocenters. The van der Waals surface area contributed by atoms with E-state index in [0.717, 1.165) is 6.26 Å². The minimum atomic E-state index is -3.15. The molecule has 80 valence electrons. The molecule has 0 aromatic rings. The van der Waals surface area contributed by atoms with Crippen molar-refractivity contribution in [2.24, 2.45) is 0 Å². The van der Waals surface area contributed by atoms with Crippen molar-refractivity contribution in [2.75, 3.05) is 13.4 Å². The van der Waals surface area contributed by atoms with Gasteiger partial charge in [0.05, 0.1) is 19.4 Å². The van der Waals surface area contributed by atoms with Crippen molar-refractivity contribution >= 4 is 16.0 Å². The van der Waals surface area contributed by atoms with Gasteiger partial charge in [0.15, 0.2) is 0 Å². The molecule has 0 amide bonds. The quantitative estimate of drug-likeness (QED) is 0.373. The molecule has 1 saturated heterocycles. The van der Waals surface area contributed by atoms with E-state index in [-0.39, 0.29) is 12.1 Å². The Morgan fingerprint density at radius 3 is 2.43 bits per heavy atom. The lowest BCUT2D eigenvalue weighted by Gasteiger charge is -1.95. The standard InChI is InChI=1S/C8H13NO4S/c1-6-7(4-5-8(10)13-2)9(6)14(3,11)12/h4-7H,1-3H3/b5-4-/t6-,7-,9?/m0/s1. The maximum Gasteiger partial charge on any atom is 0.330 e. The number of carbonyl (C=O) groups excluding carboxylic acids is 1. The van der Waals surface area contributed by atoms with Gasteiger partial charge in [-0.25, -0.2) is 13.2 Å². The summed E-state index contributed by atoms with van der Waals surface area (Å²) in [6, 6.07) is -0.269. The van der Waals surface area contributed by atoms with Crippen LogP contribution in [0.1, 0.15) is 6.92 Å². The summed E-state index contributed by atoms with van der Waals surface area (Å²) in [5.41, 5.74) is 0. The Morgan fingerprint density at radius 2 is 2.07 bits per heavy atom. The number of hydrogen-bond donors (Lipinski definition) is 0. The van der Waals surface area contributed by atoms with Crippen molar-refractivity contribution in [3.05, 3.63) is 12.2 Å². The van der Waals surface area contributed by atoms with Crippen molar-refractivity contribution in [3.8, 4) is 0 Å². The maximum atomic E-state index is 11.1. The first kappa shape index (κ1) is 11.2. The highest BCUT2D eigenvalue weighted by atomic mass is 32.2. The molecule has 0 aromatic carbocycles. The molecule has 6 heteroatoms. The topological polar surface area (TPSA) is 63.5 Å². The second-order valence-electron chi connectivity index (χ2n) is 3.21. The van der Waals surface area contributed by atoms with Gasteiger partial charge in [-0.15, -0.1) is 0 Å². The second kappa shape index (κ2) is 3.70. The summed E-state index contributed by atoms with van der Waals surface area (Å²) in [4.78, 5) is 10.7. The van der Waals surface area contributed by atoms with Crippen LogP contribution in [0.3, 0.4) is 0 Å². The van der Waals surface area contributed by atoms with Crippen molar-refractivity contribution in [1.82, 2.24) is 4.31 Å². The lowest BCUT2D eigenvalue weighted by molar-refractivity contribution is -0.134. The lowest BCUT2D eigenvalue weighted by Crippen LogP contribution is -2.12. The molecule has 0 bridgehead atoms. The number of ether oxygens (including phenoxy) is 1. The number of esters is 1. The molecule has 5 nitrogen and oxygen atoms in total. The number of hydrogen-bond acceptors (Lipinski definition) is 4. The molecule has 14 heavy (non-hydrogen) atoms. The van der Waals surface area contributed by atoms with E-state index in [1.165, 1.54) is 23.6 Å². The Kier molecular flexibility index (Phi) is 2.96. The molecule has 1 fully saturated rings. The summed E-state index contributed by atoms with van der Waals surface area (Å²) < 4.78 is 27.9. The van der Waals surface area contributed by atoms with Gasteiger partial charge >= 0.3 is 5.97 Å². The SMILES string of the molecule is COC(=O)/C=C\[C@H]1[C@H](C)N1S(C)(=O)=O. The van der Waals surface area contributed by atoms with Gasteiger partial charge in [0.2, 0.25) is 10.0 Å². The third-order valence-electron chi connectivity index (χ3n) is 2.11. The van der Waals surface area contributed by atoms with E-state index in [1.807, 2.05) is 0 Å². The fourth-order valence-corrected chi connectivity index (χ4v) is 2.72. The molecule has 0 N–H and O–H groups in total. The van der Waals surface area contributed by atoms with E-state index >= 15 is 0 Å². The first-order valence-corrected chi connectivity index (χ1v) is 5.97. The number of carbonyl (C=O) groups is 1. The summed E-state index contributed by atoms with van der Waals surface area (Å²) in [6.45, 7) is 1.79. The Morgan fingerprint density at radius 1 is 1.50 bits per heavy atom. The molecule has 1 aliphatic heterocycles. The summed E-state index contributed by atoms with van der Waals surface area (Å²) in [5.74, 6) is -0.474. The molecule has 1 heterocycles. The molecule has 1 unspecified atom stereocenters. The average molecular weight is 219 g/mol. The van der Waals surface area contributed by atoms with Gasteiger partial charge in [-0.05, 0) is 6.92 Å². The van der Waals surface area contributed by atoms with E-state index in [1.54, 1.807) is 6.92 Å². The molecule has 0 saturated carbocycles. The molecule has 1 rings (SSSR count). The van der Waals surface area contributed by atoms with Gasteiger partial charge in [-0.1, -0.05) is 6.08 Å². The van der Waals surface area contributed by atoms with E-state index in [0.29, 0.717) is 0 Å². The summed E-state index contributed by atoms with van der Waals surface area (Å²) in [6.07, 6.45) is 3.93. The van der Waals surface area contributed by atoms with Crippen molar-refractivity contribution in [2.45, 2.75) is 19.0 Å². The predicted molar refractivity (Wildman–Crippen MR) is 51.1 cm³/mol. The maximum absolute atomic E-state index is 11.1. The van der Waals surface area contributed by atoms with Crippen LogP contribution >= 0.6 is 0 Å². The number of methoxy groups -OCH3 is 1. The zero-order valence-corrected chi connectivity index (χ0v) is 9.11. The monoisotopic (exact) mass is 219 g/mol. The van der Waals surface area contributed by atoms with E-state index < -0.39 is 16.0 Å². The normalized spacial score (nSPS) is 31.8. The summed E-state index contributed by atoms with van der Waals surface area (Å²) in [7, 11) is -1.88. The molecule has 0 aromatic heterocycles. The van der Waals surface area contributed by atoms with Crippen LogP contribution in [0.25, 0.3) is 0 Å². The zero-order chi connectivity index (χ0) is 10.9. The largest absolute Gasteiger partial charge is 0.466 e. The fraction of sp³-hybridized carbons (Fsp3) is 0.625. The minimum Gasteiger partial charge on any atom is -0.466 e. The molecular formula is C8H13NO4S. The first-order chi connectivity index (χ1) is 6.38. The molecule has 1 aliphatic rings. The van der Waals surface area contributed by atoms with Crippen molar-refractivity contribution in [1.29, 1.82) is 0 Å². The van der Waals surface area contributed by atoms with E-state index in [9.17, 15) is 13.2 Å². The zero-order valence-electron chi connectivity index (χ0n) is 8.30.